The molecule has 16 heavy (non-hydrogen) atoms. The van der Waals surface area contributed by atoms with Gasteiger partial charge in [-0.2, -0.15) is 0 Å². The van der Waals surface area contributed by atoms with Crippen LogP contribution in [0.3, 0.4) is 0 Å². The molecule has 2 rings (SSSR count). The molecule has 0 saturated carbocycles. The summed E-state index contributed by atoms with van der Waals surface area (Å²) in [6.07, 6.45) is 0.593. The van der Waals surface area contributed by atoms with Gasteiger partial charge in [0.2, 0.25) is 0 Å². The first-order chi connectivity index (χ1) is 7.49. The molecule has 0 unspecified atom stereocenters. The quantitative estimate of drug-likeness (QED) is 0.707. The minimum Gasteiger partial charge on any atom is -0.279 e. The van der Waals surface area contributed by atoms with Crippen molar-refractivity contribution in [3.63, 3.8) is 0 Å². The Morgan fingerprint density at radius 1 is 1.25 bits per heavy atom. The Balaban J connectivity index is 3.13. The Hall–Kier alpha value is -1.56. The molecule has 0 aliphatic rings. The topological polar surface area (TPSA) is 61.8 Å². The average Bonchev–Trinajstić information content (AvgIpc) is 2.61. The normalized spacial score (nSPS) is 11.2. The van der Waals surface area contributed by atoms with Crippen molar-refractivity contribution in [1.29, 1.82) is 0 Å². The van der Waals surface area contributed by atoms with Crippen molar-refractivity contribution in [3.05, 3.63) is 26.7 Å². The molecule has 7 heteroatoms. The lowest BCUT2D eigenvalue weighted by Gasteiger charge is -2.02. The molecule has 0 spiro atoms. The molecule has 0 bridgehead atoms. The molecule has 2 heterocycles. The second kappa shape index (κ2) is 3.48. The molecule has 0 aromatic carbocycles. The molecule has 6 nitrogen and oxygen atoms in total. The summed E-state index contributed by atoms with van der Waals surface area (Å²) in [7, 11) is 2.98. The van der Waals surface area contributed by atoms with E-state index in [2.05, 4.69) is 4.98 Å². The zero-order valence-corrected chi connectivity index (χ0v) is 9.95. The van der Waals surface area contributed by atoms with Gasteiger partial charge in [0.25, 0.3) is 5.56 Å². The molecule has 0 saturated heterocycles. The fourth-order valence-corrected chi connectivity index (χ4v) is 1.93. The SMILES string of the molecule is CCc1nc2c(c(=O)n(C)c(=O)n2C)n1Cl. The Morgan fingerprint density at radius 3 is 2.44 bits per heavy atom. The van der Waals surface area contributed by atoms with Gasteiger partial charge in [-0.05, 0) is 0 Å². The number of fused-ring (bicyclic) bond motifs is 1. The summed E-state index contributed by atoms with van der Waals surface area (Å²) in [6.45, 7) is 1.88. The molecular formula is C9H11ClN4O2. The van der Waals surface area contributed by atoms with Crippen LogP contribution in [0.5, 0.6) is 0 Å². The van der Waals surface area contributed by atoms with E-state index in [0.717, 1.165) is 4.57 Å². The fraction of sp³-hybridized carbons (Fsp3) is 0.444. The number of aryl methyl sites for hydroxylation is 2. The van der Waals surface area contributed by atoms with E-state index in [1.54, 1.807) is 7.05 Å². The molecule has 0 amide bonds. The highest BCUT2D eigenvalue weighted by molar-refractivity contribution is 6.18. The number of halogens is 1. The zero-order valence-electron chi connectivity index (χ0n) is 9.19. The van der Waals surface area contributed by atoms with Crippen molar-refractivity contribution in [2.45, 2.75) is 13.3 Å². The van der Waals surface area contributed by atoms with Crippen LogP contribution < -0.4 is 11.2 Å². The van der Waals surface area contributed by atoms with E-state index in [4.69, 9.17) is 11.8 Å². The van der Waals surface area contributed by atoms with Gasteiger partial charge >= 0.3 is 5.69 Å². The van der Waals surface area contributed by atoms with Crippen molar-refractivity contribution in [1.82, 2.24) is 18.2 Å². The fourth-order valence-electron chi connectivity index (χ4n) is 1.63. The lowest BCUT2D eigenvalue weighted by atomic mass is 10.5. The first kappa shape index (κ1) is 10.9. The van der Waals surface area contributed by atoms with Crippen molar-refractivity contribution in [2.24, 2.45) is 14.1 Å². The third-order valence-corrected chi connectivity index (χ3v) is 2.95. The lowest BCUT2D eigenvalue weighted by molar-refractivity contribution is 0.708. The molecule has 0 aliphatic heterocycles. The number of imidazole rings is 1. The summed E-state index contributed by atoms with van der Waals surface area (Å²) in [5, 5.41) is 0. The highest BCUT2D eigenvalue weighted by atomic mass is 35.5. The van der Waals surface area contributed by atoms with Gasteiger partial charge in [-0.25, -0.2) is 13.9 Å². The van der Waals surface area contributed by atoms with E-state index in [-0.39, 0.29) is 5.52 Å². The molecule has 0 fully saturated rings. The Labute approximate surface area is 95.8 Å². The predicted octanol–water partition coefficient (Wildman–Crippen LogP) is -0.00200. The van der Waals surface area contributed by atoms with Gasteiger partial charge in [-0.15, -0.1) is 0 Å². The number of aromatic nitrogens is 4. The minimum absolute atomic E-state index is 0.239. The van der Waals surface area contributed by atoms with Crippen LogP contribution in [0.15, 0.2) is 9.59 Å². The van der Waals surface area contributed by atoms with E-state index in [9.17, 15) is 9.59 Å². The third-order valence-electron chi connectivity index (χ3n) is 2.58. The van der Waals surface area contributed by atoms with Crippen LogP contribution in [0.1, 0.15) is 12.7 Å². The summed E-state index contributed by atoms with van der Waals surface area (Å²) < 4.78 is 3.55. The first-order valence-corrected chi connectivity index (χ1v) is 5.16. The highest BCUT2D eigenvalue weighted by Gasteiger charge is 2.16. The molecule has 86 valence electrons. The predicted molar refractivity (Wildman–Crippen MR) is 60.8 cm³/mol. The second-order valence-corrected chi connectivity index (χ2v) is 3.88. The summed E-state index contributed by atoms with van der Waals surface area (Å²) in [5.41, 5.74) is -0.279. The lowest BCUT2D eigenvalue weighted by Crippen LogP contribution is -2.37. The van der Waals surface area contributed by atoms with Gasteiger partial charge in [0.1, 0.15) is 5.82 Å². The molecule has 0 N–H and O–H groups in total. The smallest absolute Gasteiger partial charge is 0.279 e. The summed E-state index contributed by atoms with van der Waals surface area (Å²) >= 11 is 5.98. The van der Waals surface area contributed by atoms with Crippen molar-refractivity contribution >= 4 is 22.9 Å². The summed E-state index contributed by atoms with van der Waals surface area (Å²) in [6, 6.07) is 0. The maximum Gasteiger partial charge on any atom is 0.332 e. The van der Waals surface area contributed by atoms with E-state index < -0.39 is 11.2 Å². The Kier molecular flexibility index (Phi) is 2.38. The highest BCUT2D eigenvalue weighted by Crippen LogP contribution is 2.12. The zero-order chi connectivity index (χ0) is 12.0. The molecule has 2 aromatic heterocycles. The van der Waals surface area contributed by atoms with Crippen molar-refractivity contribution in [2.75, 3.05) is 0 Å². The molecule has 0 radical (unpaired) electrons. The maximum absolute atomic E-state index is 11.9. The van der Waals surface area contributed by atoms with Crippen LogP contribution in [0.2, 0.25) is 0 Å². The first-order valence-electron chi connectivity index (χ1n) is 4.82. The van der Waals surface area contributed by atoms with E-state index in [0.29, 0.717) is 17.9 Å². The average molecular weight is 243 g/mol. The Bertz CT molecular complexity index is 679. The molecule has 2 aromatic rings. The van der Waals surface area contributed by atoms with E-state index in [1.165, 1.54) is 15.7 Å². The number of hydrogen-bond acceptors (Lipinski definition) is 3. The van der Waals surface area contributed by atoms with Gasteiger partial charge < -0.3 is 0 Å². The molecule has 0 atom stereocenters. The van der Waals surface area contributed by atoms with Crippen LogP contribution >= 0.6 is 11.8 Å². The summed E-state index contributed by atoms with van der Waals surface area (Å²) in [4.78, 5) is 27.7. The number of rotatable bonds is 1. The monoisotopic (exact) mass is 242 g/mol. The maximum atomic E-state index is 11.9. The van der Waals surface area contributed by atoms with Crippen molar-refractivity contribution < 1.29 is 0 Å². The minimum atomic E-state index is -0.430. The molecule has 0 aliphatic carbocycles. The van der Waals surface area contributed by atoms with Crippen LogP contribution in [-0.2, 0) is 20.5 Å². The second-order valence-electron chi connectivity index (χ2n) is 3.54. The number of nitrogens with zero attached hydrogens (tertiary/aromatic N) is 4. The molecular weight excluding hydrogens is 232 g/mol. The third kappa shape index (κ3) is 1.23. The van der Waals surface area contributed by atoms with E-state index in [1.807, 2.05) is 6.92 Å². The van der Waals surface area contributed by atoms with Crippen LogP contribution in [0, 0.1) is 0 Å². The number of hydrogen-bond donors (Lipinski definition) is 0. The van der Waals surface area contributed by atoms with Crippen LogP contribution in [0.4, 0.5) is 0 Å². The van der Waals surface area contributed by atoms with Gasteiger partial charge in [0.15, 0.2) is 11.2 Å². The van der Waals surface area contributed by atoms with E-state index >= 15 is 0 Å². The van der Waals surface area contributed by atoms with Gasteiger partial charge in [-0.1, -0.05) is 6.92 Å². The van der Waals surface area contributed by atoms with Crippen molar-refractivity contribution in [3.8, 4) is 0 Å². The van der Waals surface area contributed by atoms with Gasteiger partial charge in [-0.3, -0.25) is 13.9 Å². The van der Waals surface area contributed by atoms with Gasteiger partial charge in [0, 0.05) is 32.3 Å². The Morgan fingerprint density at radius 2 is 1.88 bits per heavy atom. The van der Waals surface area contributed by atoms with Crippen LogP contribution in [-0.4, -0.2) is 18.2 Å². The summed E-state index contributed by atoms with van der Waals surface area (Å²) in [5.74, 6) is 0.565. The van der Waals surface area contributed by atoms with Gasteiger partial charge in [0.05, 0.1) is 0 Å². The van der Waals surface area contributed by atoms with Crippen LogP contribution in [0.25, 0.3) is 11.2 Å². The largest absolute Gasteiger partial charge is 0.332 e. The standard InChI is InChI=1S/C9H11ClN4O2/c1-4-5-11-7-6(14(5)10)8(15)13(3)9(16)12(7)2/h4H2,1-3H3.